The fraction of sp³-hybridized carbons (Fsp3) is 0.938. The minimum absolute atomic E-state index is 0.180. The zero-order valence-electron chi connectivity index (χ0n) is 13.8. The third-order valence-electron chi connectivity index (χ3n) is 4.49. The van der Waals surface area contributed by atoms with Gasteiger partial charge in [0.25, 0.3) is 0 Å². The van der Waals surface area contributed by atoms with Gasteiger partial charge in [0.1, 0.15) is 0 Å². The van der Waals surface area contributed by atoms with Crippen molar-refractivity contribution >= 4 is 5.91 Å². The van der Waals surface area contributed by atoms with Crippen molar-refractivity contribution in [3.63, 3.8) is 0 Å². The molecule has 1 rings (SSSR count). The molecular formula is C16H32N2O2. The van der Waals surface area contributed by atoms with Gasteiger partial charge in [-0.25, -0.2) is 0 Å². The lowest BCUT2D eigenvalue weighted by Gasteiger charge is -2.35. The Morgan fingerprint density at radius 2 is 1.75 bits per heavy atom. The molecule has 20 heavy (non-hydrogen) atoms. The van der Waals surface area contributed by atoms with Crippen LogP contribution in [0.4, 0.5) is 0 Å². The summed E-state index contributed by atoms with van der Waals surface area (Å²) in [5, 5.41) is 9.53. The van der Waals surface area contributed by atoms with E-state index in [0.29, 0.717) is 19.1 Å². The molecule has 1 aliphatic carbocycles. The van der Waals surface area contributed by atoms with Crippen LogP contribution in [-0.4, -0.2) is 59.1 Å². The van der Waals surface area contributed by atoms with Gasteiger partial charge in [0.15, 0.2) is 0 Å². The zero-order valence-corrected chi connectivity index (χ0v) is 13.8. The van der Waals surface area contributed by atoms with Gasteiger partial charge >= 0.3 is 0 Å². The van der Waals surface area contributed by atoms with E-state index < -0.39 is 6.10 Å². The van der Waals surface area contributed by atoms with Gasteiger partial charge in [-0.2, -0.15) is 0 Å². The highest BCUT2D eigenvalue weighted by atomic mass is 16.3. The standard InChI is InChI=1S/C16H32N2O2/c1-12(2)18(10-14(4)19)11-16(20)17(5)15-8-6-13(3)7-9-15/h12-15,19H,6-11H2,1-5H3. The summed E-state index contributed by atoms with van der Waals surface area (Å²) < 4.78 is 0. The van der Waals surface area contributed by atoms with E-state index in [9.17, 15) is 9.90 Å². The van der Waals surface area contributed by atoms with Gasteiger partial charge in [-0.15, -0.1) is 0 Å². The van der Waals surface area contributed by atoms with E-state index in [1.165, 1.54) is 12.8 Å². The van der Waals surface area contributed by atoms with E-state index >= 15 is 0 Å². The molecule has 1 amide bonds. The minimum atomic E-state index is -0.397. The van der Waals surface area contributed by atoms with E-state index in [4.69, 9.17) is 0 Å². The Hall–Kier alpha value is -0.610. The number of carbonyl (C=O) groups excluding carboxylic acids is 1. The van der Waals surface area contributed by atoms with E-state index in [-0.39, 0.29) is 11.9 Å². The van der Waals surface area contributed by atoms with E-state index in [1.807, 2.05) is 11.9 Å². The number of aliphatic hydroxyl groups is 1. The maximum atomic E-state index is 12.4. The molecule has 4 heteroatoms. The summed E-state index contributed by atoms with van der Waals surface area (Å²) in [6, 6.07) is 0.674. The Morgan fingerprint density at radius 1 is 1.20 bits per heavy atom. The van der Waals surface area contributed by atoms with Crippen molar-refractivity contribution in [1.82, 2.24) is 9.80 Å². The van der Waals surface area contributed by atoms with Crippen LogP contribution in [0.5, 0.6) is 0 Å². The smallest absolute Gasteiger partial charge is 0.236 e. The molecule has 0 saturated heterocycles. The van der Waals surface area contributed by atoms with Gasteiger partial charge in [-0.05, 0) is 52.4 Å². The molecule has 0 aromatic heterocycles. The summed E-state index contributed by atoms with van der Waals surface area (Å²) in [4.78, 5) is 16.4. The fourth-order valence-corrected chi connectivity index (χ4v) is 2.92. The molecule has 1 unspecified atom stereocenters. The highest BCUT2D eigenvalue weighted by Gasteiger charge is 2.26. The van der Waals surface area contributed by atoms with Gasteiger partial charge in [0.05, 0.1) is 12.6 Å². The molecule has 118 valence electrons. The van der Waals surface area contributed by atoms with Gasteiger partial charge in [0.2, 0.25) is 5.91 Å². The second kappa shape index (κ2) is 7.99. The van der Waals surface area contributed by atoms with Crippen LogP contribution in [0, 0.1) is 5.92 Å². The number of carbonyl (C=O) groups is 1. The number of hydrogen-bond donors (Lipinski definition) is 1. The number of hydrogen-bond acceptors (Lipinski definition) is 3. The molecular weight excluding hydrogens is 252 g/mol. The quantitative estimate of drug-likeness (QED) is 0.812. The zero-order chi connectivity index (χ0) is 15.3. The summed E-state index contributed by atoms with van der Waals surface area (Å²) >= 11 is 0. The van der Waals surface area contributed by atoms with Crippen molar-refractivity contribution in [3.8, 4) is 0 Å². The first-order chi connectivity index (χ1) is 9.31. The maximum Gasteiger partial charge on any atom is 0.236 e. The third kappa shape index (κ3) is 5.41. The van der Waals surface area contributed by atoms with Gasteiger partial charge in [0, 0.05) is 25.7 Å². The van der Waals surface area contributed by atoms with Crippen LogP contribution in [0.25, 0.3) is 0 Å². The number of nitrogens with zero attached hydrogens (tertiary/aromatic N) is 2. The number of aliphatic hydroxyl groups excluding tert-OH is 1. The van der Waals surface area contributed by atoms with Crippen LogP contribution in [-0.2, 0) is 4.79 Å². The van der Waals surface area contributed by atoms with Crippen LogP contribution >= 0.6 is 0 Å². The SMILES string of the molecule is CC(O)CN(CC(=O)N(C)C1CCC(C)CC1)C(C)C. The van der Waals surface area contributed by atoms with E-state index in [2.05, 4.69) is 25.7 Å². The van der Waals surface area contributed by atoms with Crippen molar-refractivity contribution in [1.29, 1.82) is 0 Å². The van der Waals surface area contributed by atoms with Gasteiger partial charge in [-0.3, -0.25) is 9.69 Å². The summed E-state index contributed by atoms with van der Waals surface area (Å²) in [5.74, 6) is 0.982. The second-order valence-electron chi connectivity index (χ2n) is 6.79. The topological polar surface area (TPSA) is 43.8 Å². The summed E-state index contributed by atoms with van der Waals surface area (Å²) in [6.07, 6.45) is 4.31. The van der Waals surface area contributed by atoms with Crippen LogP contribution in [0.1, 0.15) is 53.4 Å². The van der Waals surface area contributed by atoms with E-state index in [0.717, 1.165) is 18.8 Å². The first kappa shape index (κ1) is 17.4. The van der Waals surface area contributed by atoms with Crippen molar-refractivity contribution in [2.75, 3.05) is 20.1 Å². The minimum Gasteiger partial charge on any atom is -0.392 e. The predicted octanol–water partition coefficient (Wildman–Crippen LogP) is 2.11. The molecule has 1 fully saturated rings. The lowest BCUT2D eigenvalue weighted by Crippen LogP contribution is -2.47. The molecule has 0 aromatic carbocycles. The molecule has 1 N–H and O–H groups in total. The molecule has 0 bridgehead atoms. The third-order valence-corrected chi connectivity index (χ3v) is 4.49. The molecule has 0 radical (unpaired) electrons. The molecule has 1 aliphatic rings. The number of amides is 1. The first-order valence-electron chi connectivity index (χ1n) is 7.99. The predicted molar refractivity (Wildman–Crippen MR) is 82.6 cm³/mol. The molecule has 0 heterocycles. The van der Waals surface area contributed by atoms with Crippen molar-refractivity contribution in [2.24, 2.45) is 5.92 Å². The molecule has 0 spiro atoms. The van der Waals surface area contributed by atoms with E-state index in [1.54, 1.807) is 6.92 Å². The Morgan fingerprint density at radius 3 is 2.20 bits per heavy atom. The Kier molecular flexibility index (Phi) is 6.96. The average Bonchev–Trinajstić information content (AvgIpc) is 2.37. The molecule has 0 aliphatic heterocycles. The highest BCUT2D eigenvalue weighted by molar-refractivity contribution is 5.78. The summed E-state index contributed by atoms with van der Waals surface area (Å²) in [6.45, 7) is 9.16. The summed E-state index contributed by atoms with van der Waals surface area (Å²) in [7, 11) is 1.93. The Balaban J connectivity index is 2.50. The molecule has 4 nitrogen and oxygen atoms in total. The van der Waals surface area contributed by atoms with Gasteiger partial charge < -0.3 is 10.0 Å². The van der Waals surface area contributed by atoms with Crippen molar-refractivity contribution in [2.45, 2.75) is 71.6 Å². The number of likely N-dealkylation sites (N-methyl/N-ethyl adjacent to an activating group) is 1. The average molecular weight is 284 g/mol. The highest BCUT2D eigenvalue weighted by Crippen LogP contribution is 2.26. The van der Waals surface area contributed by atoms with Crippen LogP contribution in [0.3, 0.4) is 0 Å². The fourth-order valence-electron chi connectivity index (χ4n) is 2.92. The molecule has 1 saturated carbocycles. The van der Waals surface area contributed by atoms with Crippen LogP contribution in [0.15, 0.2) is 0 Å². The monoisotopic (exact) mass is 284 g/mol. The molecule has 1 atom stereocenters. The van der Waals surface area contributed by atoms with Crippen LogP contribution < -0.4 is 0 Å². The normalized spacial score (nSPS) is 25.0. The maximum absolute atomic E-state index is 12.4. The first-order valence-corrected chi connectivity index (χ1v) is 7.99. The van der Waals surface area contributed by atoms with Crippen LogP contribution in [0.2, 0.25) is 0 Å². The van der Waals surface area contributed by atoms with Gasteiger partial charge in [-0.1, -0.05) is 6.92 Å². The van der Waals surface area contributed by atoms with Crippen molar-refractivity contribution in [3.05, 3.63) is 0 Å². The largest absolute Gasteiger partial charge is 0.392 e. The summed E-state index contributed by atoms with van der Waals surface area (Å²) in [5.41, 5.74) is 0. The van der Waals surface area contributed by atoms with Crippen molar-refractivity contribution < 1.29 is 9.90 Å². The lowest BCUT2D eigenvalue weighted by atomic mass is 9.87. The molecule has 0 aromatic rings. The Labute approximate surface area is 124 Å². The number of rotatable bonds is 6. The lowest BCUT2D eigenvalue weighted by molar-refractivity contribution is -0.134. The second-order valence-corrected chi connectivity index (χ2v) is 6.79. The Bertz CT molecular complexity index is 297.